The molecule has 0 aliphatic rings. The lowest BCUT2D eigenvalue weighted by Gasteiger charge is -2.21. The average molecular weight is 351 g/mol. The Morgan fingerprint density at radius 3 is 2.57 bits per heavy atom. The third-order valence-electron chi connectivity index (χ3n) is 3.43. The molecule has 0 fully saturated rings. The fourth-order valence-electron chi connectivity index (χ4n) is 2.22. The third kappa shape index (κ3) is 3.31. The van der Waals surface area contributed by atoms with Crippen molar-refractivity contribution in [2.75, 3.05) is 19.0 Å². The number of anilines is 1. The topological polar surface area (TPSA) is 34.2 Å². The molecule has 0 aliphatic heterocycles. The van der Waals surface area contributed by atoms with Gasteiger partial charge in [0.1, 0.15) is 11.3 Å². The number of fused-ring (bicyclic) bond motifs is 1. The summed E-state index contributed by atoms with van der Waals surface area (Å²) in [5.74, 6) is 0.804. The SMILES string of the molecule is CCCNc1cc(C(C)(C)C)nc2c(OC)ccc(Br)c12. The van der Waals surface area contributed by atoms with Crippen LogP contribution in [0.3, 0.4) is 0 Å². The van der Waals surface area contributed by atoms with Gasteiger partial charge in [-0.1, -0.05) is 43.6 Å². The van der Waals surface area contributed by atoms with Crippen LogP contribution in [0.15, 0.2) is 22.7 Å². The van der Waals surface area contributed by atoms with E-state index in [1.807, 2.05) is 12.1 Å². The van der Waals surface area contributed by atoms with E-state index in [1.165, 1.54) is 0 Å². The highest BCUT2D eigenvalue weighted by Gasteiger charge is 2.20. The standard InChI is InChI=1S/C17H23BrN2O/c1-6-9-19-12-10-14(17(2,3)4)20-16-13(21-5)8-7-11(18)15(12)16/h7-8,10H,6,9H2,1-5H3,(H,19,20). The predicted octanol–water partition coefficient (Wildman–Crippen LogP) is 5.13. The monoisotopic (exact) mass is 350 g/mol. The lowest BCUT2D eigenvalue weighted by Crippen LogP contribution is -2.15. The highest BCUT2D eigenvalue weighted by atomic mass is 79.9. The molecule has 114 valence electrons. The first kappa shape index (κ1) is 16.1. The zero-order valence-corrected chi connectivity index (χ0v) is 15.0. The van der Waals surface area contributed by atoms with Crippen LogP contribution in [0.25, 0.3) is 10.9 Å². The third-order valence-corrected chi connectivity index (χ3v) is 4.09. The van der Waals surface area contributed by atoms with Gasteiger partial charge in [-0.3, -0.25) is 0 Å². The second kappa shape index (κ2) is 6.22. The number of hydrogen-bond acceptors (Lipinski definition) is 3. The van der Waals surface area contributed by atoms with E-state index in [0.29, 0.717) is 0 Å². The molecule has 0 atom stereocenters. The van der Waals surface area contributed by atoms with Crippen molar-refractivity contribution in [3.8, 4) is 5.75 Å². The van der Waals surface area contributed by atoms with Crippen LogP contribution in [-0.4, -0.2) is 18.6 Å². The highest BCUT2D eigenvalue weighted by molar-refractivity contribution is 9.10. The van der Waals surface area contributed by atoms with E-state index in [9.17, 15) is 0 Å². The number of nitrogens with zero attached hydrogens (tertiary/aromatic N) is 1. The van der Waals surface area contributed by atoms with Crippen molar-refractivity contribution in [3.05, 3.63) is 28.4 Å². The molecule has 0 amide bonds. The van der Waals surface area contributed by atoms with Gasteiger partial charge in [0.2, 0.25) is 0 Å². The Bertz CT molecular complexity index is 647. The Morgan fingerprint density at radius 1 is 1.29 bits per heavy atom. The molecule has 1 aromatic carbocycles. The average Bonchev–Trinajstić information content (AvgIpc) is 2.43. The number of ether oxygens (including phenoxy) is 1. The summed E-state index contributed by atoms with van der Waals surface area (Å²) in [6, 6.07) is 6.12. The van der Waals surface area contributed by atoms with Crippen LogP contribution in [0.5, 0.6) is 5.75 Å². The van der Waals surface area contributed by atoms with Crippen molar-refractivity contribution in [2.45, 2.75) is 39.5 Å². The first-order valence-corrected chi connectivity index (χ1v) is 8.09. The van der Waals surface area contributed by atoms with E-state index in [-0.39, 0.29) is 5.41 Å². The number of rotatable bonds is 4. The number of halogens is 1. The summed E-state index contributed by atoms with van der Waals surface area (Å²) >= 11 is 3.64. The fourth-order valence-corrected chi connectivity index (χ4v) is 2.76. The molecule has 2 rings (SSSR count). The first-order valence-electron chi connectivity index (χ1n) is 7.30. The van der Waals surface area contributed by atoms with E-state index in [0.717, 1.165) is 45.5 Å². The zero-order chi connectivity index (χ0) is 15.6. The summed E-state index contributed by atoms with van der Waals surface area (Å²) in [5, 5.41) is 4.60. The summed E-state index contributed by atoms with van der Waals surface area (Å²) in [7, 11) is 1.69. The molecule has 0 unspecified atom stereocenters. The quantitative estimate of drug-likeness (QED) is 0.830. The van der Waals surface area contributed by atoms with Gasteiger partial charge in [0, 0.05) is 33.2 Å². The molecule has 21 heavy (non-hydrogen) atoms. The summed E-state index contributed by atoms with van der Waals surface area (Å²) in [4.78, 5) is 4.85. The summed E-state index contributed by atoms with van der Waals surface area (Å²) in [6.45, 7) is 9.63. The second-order valence-electron chi connectivity index (χ2n) is 6.21. The highest BCUT2D eigenvalue weighted by Crippen LogP contribution is 2.38. The lowest BCUT2D eigenvalue weighted by atomic mass is 9.90. The molecule has 4 heteroatoms. The van der Waals surface area contributed by atoms with Gasteiger partial charge in [-0.2, -0.15) is 0 Å². The number of methoxy groups -OCH3 is 1. The zero-order valence-electron chi connectivity index (χ0n) is 13.4. The Hall–Kier alpha value is -1.29. The van der Waals surface area contributed by atoms with Crippen LogP contribution in [0.1, 0.15) is 39.8 Å². The van der Waals surface area contributed by atoms with E-state index in [1.54, 1.807) is 7.11 Å². The molecular weight excluding hydrogens is 328 g/mol. The molecule has 3 nitrogen and oxygen atoms in total. The maximum Gasteiger partial charge on any atom is 0.145 e. The molecule has 0 spiro atoms. The molecule has 0 saturated carbocycles. The van der Waals surface area contributed by atoms with Crippen molar-refractivity contribution < 1.29 is 4.74 Å². The normalized spacial score (nSPS) is 11.7. The maximum atomic E-state index is 5.50. The van der Waals surface area contributed by atoms with Crippen molar-refractivity contribution in [2.24, 2.45) is 0 Å². The van der Waals surface area contributed by atoms with Crippen LogP contribution in [0, 0.1) is 0 Å². The smallest absolute Gasteiger partial charge is 0.145 e. The van der Waals surface area contributed by atoms with E-state index in [4.69, 9.17) is 9.72 Å². The lowest BCUT2D eigenvalue weighted by molar-refractivity contribution is 0.418. The van der Waals surface area contributed by atoms with Crippen LogP contribution in [0.2, 0.25) is 0 Å². The van der Waals surface area contributed by atoms with Crippen molar-refractivity contribution in [1.29, 1.82) is 0 Å². The summed E-state index contributed by atoms with van der Waals surface area (Å²) in [5.41, 5.74) is 3.06. The Labute approximate surface area is 135 Å². The van der Waals surface area contributed by atoms with Crippen LogP contribution in [-0.2, 0) is 5.41 Å². The molecule has 1 heterocycles. The van der Waals surface area contributed by atoms with E-state index < -0.39 is 0 Å². The van der Waals surface area contributed by atoms with Gasteiger partial charge in [-0.25, -0.2) is 4.98 Å². The van der Waals surface area contributed by atoms with Gasteiger partial charge in [-0.15, -0.1) is 0 Å². The molecule has 2 aromatic rings. The largest absolute Gasteiger partial charge is 0.494 e. The number of pyridine rings is 1. The number of aromatic nitrogens is 1. The fraction of sp³-hybridized carbons (Fsp3) is 0.471. The molecular formula is C17H23BrN2O. The van der Waals surface area contributed by atoms with Crippen LogP contribution < -0.4 is 10.1 Å². The van der Waals surface area contributed by atoms with Gasteiger partial charge in [0.25, 0.3) is 0 Å². The van der Waals surface area contributed by atoms with E-state index in [2.05, 4.69) is 55.0 Å². The minimum absolute atomic E-state index is 0.00976. The summed E-state index contributed by atoms with van der Waals surface area (Å²) in [6.07, 6.45) is 1.08. The Morgan fingerprint density at radius 2 is 2.00 bits per heavy atom. The van der Waals surface area contributed by atoms with Gasteiger partial charge in [-0.05, 0) is 24.6 Å². The molecule has 0 aliphatic carbocycles. The molecule has 1 aromatic heterocycles. The molecule has 0 radical (unpaired) electrons. The van der Waals surface area contributed by atoms with E-state index >= 15 is 0 Å². The van der Waals surface area contributed by atoms with Gasteiger partial charge >= 0.3 is 0 Å². The number of benzene rings is 1. The minimum atomic E-state index is -0.00976. The Kier molecular flexibility index (Phi) is 4.77. The number of nitrogens with one attached hydrogen (secondary N) is 1. The van der Waals surface area contributed by atoms with Gasteiger partial charge in [0.15, 0.2) is 0 Å². The molecule has 1 N–H and O–H groups in total. The van der Waals surface area contributed by atoms with Crippen molar-refractivity contribution in [3.63, 3.8) is 0 Å². The molecule has 0 bridgehead atoms. The van der Waals surface area contributed by atoms with Crippen LogP contribution >= 0.6 is 15.9 Å². The Balaban J connectivity index is 2.77. The molecule has 0 saturated heterocycles. The maximum absolute atomic E-state index is 5.50. The van der Waals surface area contributed by atoms with Crippen molar-refractivity contribution >= 4 is 32.5 Å². The first-order chi connectivity index (χ1) is 9.88. The minimum Gasteiger partial charge on any atom is -0.494 e. The van der Waals surface area contributed by atoms with Gasteiger partial charge in [0.05, 0.1) is 7.11 Å². The predicted molar refractivity (Wildman–Crippen MR) is 93.5 cm³/mol. The second-order valence-corrected chi connectivity index (χ2v) is 7.06. The van der Waals surface area contributed by atoms with Crippen molar-refractivity contribution in [1.82, 2.24) is 4.98 Å². The van der Waals surface area contributed by atoms with Crippen LogP contribution in [0.4, 0.5) is 5.69 Å². The van der Waals surface area contributed by atoms with Gasteiger partial charge < -0.3 is 10.1 Å². The summed E-state index contributed by atoms with van der Waals surface area (Å²) < 4.78 is 6.53. The number of hydrogen-bond donors (Lipinski definition) is 1.